The second-order valence-electron chi connectivity index (χ2n) is 11.1. The molecule has 2 aromatic carbocycles. The summed E-state index contributed by atoms with van der Waals surface area (Å²) in [6.07, 6.45) is 1.56. The first-order valence-electron chi connectivity index (χ1n) is 14.0. The second-order valence-corrected chi connectivity index (χ2v) is 11.1. The summed E-state index contributed by atoms with van der Waals surface area (Å²) in [6.45, 7) is 4.82. The van der Waals surface area contributed by atoms with Crippen molar-refractivity contribution < 1.29 is 29.0 Å². The standard InChI is InChI=1S/C31H39N3O6/c1-20(2)28(30(38)32(3)26(18-27(35)36)29(37)34-16-10-5-11-17-34)33(4)31(39)40-19-25-23-14-8-6-12-21(23)22-13-7-9-15-24(22)25/h6-9,12-15,20,25-26,28H,5,10-11,16-19H2,1-4H3,(H,35,36). The lowest BCUT2D eigenvalue weighted by Gasteiger charge is -2.37. The number of carboxylic acid groups (broad SMARTS) is 1. The van der Waals surface area contributed by atoms with Crippen LogP contribution in [0.3, 0.4) is 0 Å². The van der Waals surface area contributed by atoms with Gasteiger partial charge in [0.2, 0.25) is 11.8 Å². The third kappa shape index (κ3) is 5.98. The minimum absolute atomic E-state index is 0.112. The highest BCUT2D eigenvalue weighted by molar-refractivity contribution is 5.93. The summed E-state index contributed by atoms with van der Waals surface area (Å²) < 4.78 is 5.78. The van der Waals surface area contributed by atoms with Crippen molar-refractivity contribution in [2.45, 2.75) is 57.5 Å². The van der Waals surface area contributed by atoms with Crippen molar-refractivity contribution in [1.82, 2.24) is 14.7 Å². The Morgan fingerprint density at radius 3 is 1.98 bits per heavy atom. The maximum atomic E-state index is 13.7. The summed E-state index contributed by atoms with van der Waals surface area (Å²) in [5.41, 5.74) is 4.41. The van der Waals surface area contributed by atoms with E-state index < -0.39 is 36.5 Å². The third-order valence-corrected chi connectivity index (χ3v) is 8.06. The van der Waals surface area contributed by atoms with Crippen molar-refractivity contribution in [2.24, 2.45) is 5.92 Å². The Labute approximate surface area is 235 Å². The molecule has 0 radical (unpaired) electrons. The fourth-order valence-electron chi connectivity index (χ4n) is 5.95. The molecule has 9 heteroatoms. The summed E-state index contributed by atoms with van der Waals surface area (Å²) in [6, 6.07) is 14.0. The highest BCUT2D eigenvalue weighted by Gasteiger charge is 2.40. The van der Waals surface area contributed by atoms with Gasteiger partial charge in [-0.05, 0) is 47.4 Å². The molecular formula is C31H39N3O6. The molecule has 3 amide bonds. The van der Waals surface area contributed by atoms with Crippen LogP contribution in [0.1, 0.15) is 56.6 Å². The molecule has 2 unspecified atom stereocenters. The SMILES string of the molecule is CC(C)C(C(=O)N(C)C(CC(=O)O)C(=O)N1CCCCC1)N(C)C(=O)OCC1c2ccccc2-c2ccccc21. The van der Waals surface area contributed by atoms with Gasteiger partial charge >= 0.3 is 12.1 Å². The molecule has 40 heavy (non-hydrogen) atoms. The molecule has 0 spiro atoms. The van der Waals surface area contributed by atoms with Crippen LogP contribution in [0.4, 0.5) is 4.79 Å². The molecular weight excluding hydrogens is 510 g/mol. The number of amides is 3. The molecule has 1 aliphatic carbocycles. The number of fused-ring (bicyclic) bond motifs is 3. The van der Waals surface area contributed by atoms with Crippen molar-refractivity contribution in [3.8, 4) is 11.1 Å². The number of carboxylic acids is 1. The number of hydrogen-bond acceptors (Lipinski definition) is 5. The minimum atomic E-state index is -1.17. The molecule has 2 atom stereocenters. The maximum Gasteiger partial charge on any atom is 0.410 e. The number of hydrogen-bond donors (Lipinski definition) is 1. The summed E-state index contributed by atoms with van der Waals surface area (Å²) >= 11 is 0. The molecule has 1 saturated heterocycles. The van der Waals surface area contributed by atoms with Crippen molar-refractivity contribution in [3.63, 3.8) is 0 Å². The largest absolute Gasteiger partial charge is 0.481 e. The van der Waals surface area contributed by atoms with Crippen LogP contribution in [0.15, 0.2) is 48.5 Å². The van der Waals surface area contributed by atoms with E-state index in [1.807, 2.05) is 50.2 Å². The number of nitrogens with zero attached hydrogens (tertiary/aromatic N) is 3. The predicted molar refractivity (Wildman–Crippen MR) is 151 cm³/mol. The van der Waals surface area contributed by atoms with Crippen LogP contribution in [0.25, 0.3) is 11.1 Å². The van der Waals surface area contributed by atoms with Gasteiger partial charge in [-0.15, -0.1) is 0 Å². The normalized spacial score (nSPS) is 16.1. The van der Waals surface area contributed by atoms with Gasteiger partial charge in [0.1, 0.15) is 18.7 Å². The van der Waals surface area contributed by atoms with Gasteiger partial charge in [0.15, 0.2) is 0 Å². The highest BCUT2D eigenvalue weighted by atomic mass is 16.6. The van der Waals surface area contributed by atoms with E-state index >= 15 is 0 Å². The van der Waals surface area contributed by atoms with Gasteiger partial charge in [0, 0.05) is 33.1 Å². The quantitative estimate of drug-likeness (QED) is 0.502. The Morgan fingerprint density at radius 1 is 0.900 bits per heavy atom. The van der Waals surface area contributed by atoms with Crippen LogP contribution >= 0.6 is 0 Å². The molecule has 1 N–H and O–H groups in total. The summed E-state index contributed by atoms with van der Waals surface area (Å²) in [4.78, 5) is 56.1. The molecule has 214 valence electrons. The molecule has 1 aliphatic heterocycles. The molecule has 0 bridgehead atoms. The van der Waals surface area contributed by atoms with E-state index in [1.54, 1.807) is 4.90 Å². The number of likely N-dealkylation sites (tertiary alicyclic amines) is 1. The number of rotatable bonds is 9. The second kappa shape index (κ2) is 12.5. The van der Waals surface area contributed by atoms with Crippen molar-refractivity contribution in [2.75, 3.05) is 33.8 Å². The molecule has 9 nitrogen and oxygen atoms in total. The van der Waals surface area contributed by atoms with Crippen LogP contribution in [0.5, 0.6) is 0 Å². The van der Waals surface area contributed by atoms with E-state index in [9.17, 15) is 24.3 Å². The van der Waals surface area contributed by atoms with Crippen LogP contribution in [-0.4, -0.2) is 89.6 Å². The number of likely N-dealkylation sites (N-methyl/N-ethyl adjacent to an activating group) is 2. The fraction of sp³-hybridized carbons (Fsp3) is 0.484. The van der Waals surface area contributed by atoms with Crippen LogP contribution < -0.4 is 0 Å². The molecule has 4 rings (SSSR count). The zero-order chi connectivity index (χ0) is 29.0. The molecule has 0 aromatic heterocycles. The Bertz CT molecular complexity index is 1210. The van der Waals surface area contributed by atoms with Gasteiger partial charge in [0.25, 0.3) is 0 Å². The summed E-state index contributed by atoms with van der Waals surface area (Å²) in [7, 11) is 2.95. The Balaban J connectivity index is 1.48. The Morgan fingerprint density at radius 2 is 1.45 bits per heavy atom. The lowest BCUT2D eigenvalue weighted by atomic mass is 9.98. The smallest absolute Gasteiger partial charge is 0.410 e. The number of carbonyl (C=O) groups is 4. The van der Waals surface area contributed by atoms with Crippen molar-refractivity contribution >= 4 is 23.9 Å². The topological polar surface area (TPSA) is 107 Å². The van der Waals surface area contributed by atoms with Crippen LogP contribution in [0.2, 0.25) is 0 Å². The lowest BCUT2D eigenvalue weighted by Crippen LogP contribution is -2.57. The number of carbonyl (C=O) groups excluding carboxylic acids is 3. The number of aliphatic carboxylic acids is 1. The number of benzene rings is 2. The van der Waals surface area contributed by atoms with Gasteiger partial charge < -0.3 is 19.6 Å². The van der Waals surface area contributed by atoms with Gasteiger partial charge in [-0.3, -0.25) is 19.3 Å². The van der Waals surface area contributed by atoms with E-state index in [0.29, 0.717) is 13.1 Å². The number of piperidine rings is 1. The zero-order valence-electron chi connectivity index (χ0n) is 23.7. The zero-order valence-corrected chi connectivity index (χ0v) is 23.7. The van der Waals surface area contributed by atoms with Gasteiger partial charge in [-0.1, -0.05) is 62.4 Å². The summed E-state index contributed by atoms with van der Waals surface area (Å²) in [5.74, 6) is -2.47. The monoisotopic (exact) mass is 549 g/mol. The van der Waals surface area contributed by atoms with Crippen LogP contribution in [0, 0.1) is 5.92 Å². The first-order chi connectivity index (χ1) is 19.1. The Hall–Kier alpha value is -3.88. The molecule has 2 aromatic rings. The first kappa shape index (κ1) is 29.1. The van der Waals surface area contributed by atoms with E-state index in [1.165, 1.54) is 23.9 Å². The average Bonchev–Trinajstić information content (AvgIpc) is 3.27. The van der Waals surface area contributed by atoms with E-state index in [4.69, 9.17) is 4.74 Å². The van der Waals surface area contributed by atoms with E-state index in [-0.39, 0.29) is 24.3 Å². The van der Waals surface area contributed by atoms with E-state index in [0.717, 1.165) is 41.5 Å². The maximum absolute atomic E-state index is 13.7. The lowest BCUT2D eigenvalue weighted by molar-refractivity contribution is -0.152. The fourth-order valence-corrected chi connectivity index (χ4v) is 5.95. The van der Waals surface area contributed by atoms with Gasteiger partial charge in [0.05, 0.1) is 6.42 Å². The molecule has 0 saturated carbocycles. The Kier molecular flexibility index (Phi) is 9.12. The highest BCUT2D eigenvalue weighted by Crippen LogP contribution is 2.44. The molecule has 2 aliphatic rings. The third-order valence-electron chi connectivity index (χ3n) is 8.06. The minimum Gasteiger partial charge on any atom is -0.481 e. The number of ether oxygens (including phenoxy) is 1. The van der Waals surface area contributed by atoms with E-state index in [2.05, 4.69) is 12.1 Å². The van der Waals surface area contributed by atoms with Crippen molar-refractivity contribution in [1.29, 1.82) is 0 Å². The average molecular weight is 550 g/mol. The molecule has 1 heterocycles. The first-order valence-corrected chi connectivity index (χ1v) is 14.0. The summed E-state index contributed by atoms with van der Waals surface area (Å²) in [5, 5.41) is 9.53. The van der Waals surface area contributed by atoms with Crippen molar-refractivity contribution in [3.05, 3.63) is 59.7 Å². The van der Waals surface area contributed by atoms with Gasteiger partial charge in [-0.2, -0.15) is 0 Å². The molecule has 1 fully saturated rings. The van der Waals surface area contributed by atoms with Crippen LogP contribution in [-0.2, 0) is 19.1 Å². The predicted octanol–water partition coefficient (Wildman–Crippen LogP) is 4.21. The van der Waals surface area contributed by atoms with Gasteiger partial charge in [-0.25, -0.2) is 4.79 Å².